The van der Waals surface area contributed by atoms with Gasteiger partial charge in [-0.1, -0.05) is 36.4 Å². The van der Waals surface area contributed by atoms with Gasteiger partial charge in [0.15, 0.2) is 0 Å². The number of nitrogens with zero attached hydrogens (tertiary/aromatic N) is 1. The highest BCUT2D eigenvalue weighted by molar-refractivity contribution is 6.04. The first kappa shape index (κ1) is 23.1. The molecular weight excluding hydrogens is 424 g/mol. The van der Waals surface area contributed by atoms with Crippen LogP contribution in [0.25, 0.3) is 0 Å². The van der Waals surface area contributed by atoms with Gasteiger partial charge in [0.25, 0.3) is 5.91 Å². The number of benzene rings is 3. The number of amides is 1. The van der Waals surface area contributed by atoms with Crippen LogP contribution in [0.4, 0.5) is 5.69 Å². The minimum Gasteiger partial charge on any atom is -0.507 e. The zero-order valence-electron chi connectivity index (χ0n) is 19.8. The monoisotopic (exact) mass is 452 g/mol. The molecule has 1 heterocycles. The Labute approximate surface area is 199 Å². The SMILES string of the molecule is Cc1cc(C(c2ccc(NC(=O)c3cccnc3)cc2)c2cc(C)c(O)c(C)c2)cc(C)c1O. The van der Waals surface area contributed by atoms with E-state index in [4.69, 9.17) is 0 Å². The summed E-state index contributed by atoms with van der Waals surface area (Å²) in [6.07, 6.45) is 3.16. The Kier molecular flexibility index (Phi) is 6.37. The summed E-state index contributed by atoms with van der Waals surface area (Å²) in [4.78, 5) is 16.5. The second-order valence-corrected chi connectivity index (χ2v) is 8.76. The third kappa shape index (κ3) is 4.64. The first-order chi connectivity index (χ1) is 16.2. The van der Waals surface area contributed by atoms with Crippen molar-refractivity contribution >= 4 is 11.6 Å². The van der Waals surface area contributed by atoms with Crippen LogP contribution in [0.1, 0.15) is 55.2 Å². The molecule has 0 radical (unpaired) electrons. The molecule has 0 spiro atoms. The molecule has 34 heavy (non-hydrogen) atoms. The van der Waals surface area contributed by atoms with Gasteiger partial charge in [0, 0.05) is 24.0 Å². The molecule has 1 amide bonds. The lowest BCUT2D eigenvalue weighted by Gasteiger charge is -2.22. The van der Waals surface area contributed by atoms with Crippen molar-refractivity contribution < 1.29 is 15.0 Å². The van der Waals surface area contributed by atoms with Crippen LogP contribution in [-0.4, -0.2) is 21.1 Å². The standard InChI is InChI=1S/C29H28N2O3/c1-17-12-23(13-18(2)27(17)32)26(24-14-19(3)28(33)20(4)15-24)21-7-9-25(10-8-21)31-29(34)22-6-5-11-30-16-22/h5-16,26,32-33H,1-4H3,(H,31,34). The molecule has 0 bridgehead atoms. The Bertz CT molecular complexity index is 1240. The highest BCUT2D eigenvalue weighted by Gasteiger charge is 2.21. The highest BCUT2D eigenvalue weighted by Crippen LogP contribution is 2.38. The van der Waals surface area contributed by atoms with E-state index in [0.29, 0.717) is 22.7 Å². The fourth-order valence-electron chi connectivity index (χ4n) is 4.35. The van der Waals surface area contributed by atoms with Crippen LogP contribution in [0.5, 0.6) is 11.5 Å². The Morgan fingerprint density at radius 2 is 1.26 bits per heavy atom. The summed E-state index contributed by atoms with van der Waals surface area (Å²) in [6, 6.07) is 19.2. The predicted molar refractivity (Wildman–Crippen MR) is 135 cm³/mol. The summed E-state index contributed by atoms with van der Waals surface area (Å²) in [5.41, 5.74) is 7.56. The maximum absolute atomic E-state index is 12.5. The number of hydrogen-bond acceptors (Lipinski definition) is 4. The minimum absolute atomic E-state index is 0.112. The number of carbonyl (C=O) groups excluding carboxylic acids is 1. The van der Waals surface area contributed by atoms with Gasteiger partial charge < -0.3 is 15.5 Å². The molecule has 4 aromatic rings. The number of aromatic hydroxyl groups is 2. The Hall–Kier alpha value is -4.12. The van der Waals surface area contributed by atoms with Gasteiger partial charge in [-0.15, -0.1) is 0 Å². The first-order valence-electron chi connectivity index (χ1n) is 11.2. The molecule has 5 nitrogen and oxygen atoms in total. The van der Waals surface area contributed by atoms with Crippen molar-refractivity contribution in [2.24, 2.45) is 0 Å². The molecule has 0 saturated carbocycles. The molecule has 0 atom stereocenters. The van der Waals surface area contributed by atoms with Gasteiger partial charge >= 0.3 is 0 Å². The second-order valence-electron chi connectivity index (χ2n) is 8.76. The van der Waals surface area contributed by atoms with Gasteiger partial charge in [-0.3, -0.25) is 9.78 Å². The van der Waals surface area contributed by atoms with E-state index in [0.717, 1.165) is 38.9 Å². The van der Waals surface area contributed by atoms with Crippen LogP contribution >= 0.6 is 0 Å². The van der Waals surface area contributed by atoms with Gasteiger partial charge in [-0.2, -0.15) is 0 Å². The van der Waals surface area contributed by atoms with Gasteiger partial charge in [0.1, 0.15) is 11.5 Å². The summed E-state index contributed by atoms with van der Waals surface area (Å²) >= 11 is 0. The largest absolute Gasteiger partial charge is 0.507 e. The average Bonchev–Trinajstić information content (AvgIpc) is 2.82. The number of nitrogens with one attached hydrogen (secondary N) is 1. The van der Waals surface area contributed by atoms with Crippen molar-refractivity contribution in [3.05, 3.63) is 118 Å². The maximum Gasteiger partial charge on any atom is 0.257 e. The lowest BCUT2D eigenvalue weighted by atomic mass is 9.82. The summed E-state index contributed by atoms with van der Waals surface area (Å²) in [5.74, 6) is 0.272. The normalized spacial score (nSPS) is 11.0. The van der Waals surface area contributed by atoms with Gasteiger partial charge in [0.05, 0.1) is 5.56 Å². The number of phenolic OH excluding ortho intramolecular Hbond substituents is 2. The molecule has 0 aliphatic carbocycles. The van der Waals surface area contributed by atoms with Crippen LogP contribution in [-0.2, 0) is 0 Å². The van der Waals surface area contributed by atoms with E-state index in [1.54, 1.807) is 18.3 Å². The van der Waals surface area contributed by atoms with Gasteiger partial charge in [0.2, 0.25) is 0 Å². The zero-order valence-corrected chi connectivity index (χ0v) is 19.8. The maximum atomic E-state index is 12.5. The predicted octanol–water partition coefficient (Wildman–Crippen LogP) is 6.16. The third-order valence-corrected chi connectivity index (χ3v) is 6.12. The average molecular weight is 453 g/mol. The smallest absolute Gasteiger partial charge is 0.257 e. The zero-order chi connectivity index (χ0) is 24.4. The van der Waals surface area contributed by atoms with Crippen molar-refractivity contribution in [1.82, 2.24) is 4.98 Å². The number of aryl methyl sites for hydroxylation is 4. The Balaban J connectivity index is 1.74. The molecule has 0 saturated heterocycles. The van der Waals surface area contributed by atoms with Gasteiger partial charge in [-0.05, 0) is 90.9 Å². The number of carbonyl (C=O) groups is 1. The van der Waals surface area contributed by atoms with E-state index in [1.165, 1.54) is 6.20 Å². The van der Waals surface area contributed by atoms with Crippen molar-refractivity contribution in [2.75, 3.05) is 5.32 Å². The molecule has 3 aromatic carbocycles. The summed E-state index contributed by atoms with van der Waals surface area (Å²) in [6.45, 7) is 7.58. The lowest BCUT2D eigenvalue weighted by Crippen LogP contribution is -2.12. The number of rotatable bonds is 5. The molecule has 172 valence electrons. The van der Waals surface area contributed by atoms with Crippen LogP contribution in [0.15, 0.2) is 73.1 Å². The van der Waals surface area contributed by atoms with E-state index in [-0.39, 0.29) is 11.8 Å². The molecule has 5 heteroatoms. The number of aromatic nitrogens is 1. The van der Waals surface area contributed by atoms with Crippen molar-refractivity contribution in [2.45, 2.75) is 33.6 Å². The summed E-state index contributed by atoms with van der Waals surface area (Å²) in [5, 5.41) is 23.5. The minimum atomic E-state index is -0.216. The Morgan fingerprint density at radius 1 is 0.765 bits per heavy atom. The summed E-state index contributed by atoms with van der Waals surface area (Å²) in [7, 11) is 0. The number of pyridine rings is 1. The molecule has 0 unspecified atom stereocenters. The van der Waals surface area contributed by atoms with E-state index in [1.807, 2.05) is 76.2 Å². The fraction of sp³-hybridized carbons (Fsp3) is 0.172. The quantitative estimate of drug-likeness (QED) is 0.317. The molecule has 4 rings (SSSR count). The molecule has 1 aromatic heterocycles. The van der Waals surface area contributed by atoms with E-state index < -0.39 is 0 Å². The van der Waals surface area contributed by atoms with Gasteiger partial charge in [-0.25, -0.2) is 0 Å². The fourth-order valence-corrected chi connectivity index (χ4v) is 4.35. The third-order valence-electron chi connectivity index (χ3n) is 6.12. The lowest BCUT2D eigenvalue weighted by molar-refractivity contribution is 0.102. The molecule has 3 N–H and O–H groups in total. The van der Waals surface area contributed by atoms with E-state index >= 15 is 0 Å². The Morgan fingerprint density at radius 3 is 1.71 bits per heavy atom. The van der Waals surface area contributed by atoms with Crippen LogP contribution < -0.4 is 5.32 Å². The number of phenols is 2. The molecular formula is C29H28N2O3. The first-order valence-corrected chi connectivity index (χ1v) is 11.2. The van der Waals surface area contributed by atoms with Crippen LogP contribution in [0.3, 0.4) is 0 Å². The van der Waals surface area contributed by atoms with E-state index in [2.05, 4.69) is 10.3 Å². The van der Waals surface area contributed by atoms with Crippen LogP contribution in [0, 0.1) is 27.7 Å². The van der Waals surface area contributed by atoms with Crippen molar-refractivity contribution in [1.29, 1.82) is 0 Å². The molecule has 0 aliphatic heterocycles. The van der Waals surface area contributed by atoms with Crippen molar-refractivity contribution in [3.63, 3.8) is 0 Å². The topological polar surface area (TPSA) is 82.5 Å². The second kappa shape index (κ2) is 9.40. The number of hydrogen-bond donors (Lipinski definition) is 3. The molecule has 0 fully saturated rings. The van der Waals surface area contributed by atoms with E-state index in [9.17, 15) is 15.0 Å². The van der Waals surface area contributed by atoms with Crippen molar-refractivity contribution in [3.8, 4) is 11.5 Å². The summed E-state index contributed by atoms with van der Waals surface area (Å²) < 4.78 is 0. The highest BCUT2D eigenvalue weighted by atomic mass is 16.3. The number of anilines is 1. The molecule has 0 aliphatic rings. The van der Waals surface area contributed by atoms with Crippen LogP contribution in [0.2, 0.25) is 0 Å².